The third-order valence-corrected chi connectivity index (χ3v) is 6.26. The first-order valence-corrected chi connectivity index (χ1v) is 11.3. The van der Waals surface area contributed by atoms with Crippen molar-refractivity contribution >= 4 is 39.2 Å². The highest BCUT2D eigenvalue weighted by Crippen LogP contribution is 2.29. The number of amides is 1. The molecule has 1 saturated heterocycles. The number of hydrogen-bond acceptors (Lipinski definition) is 7. The van der Waals surface area contributed by atoms with Crippen LogP contribution in [0.25, 0.3) is 10.1 Å². The molecule has 1 aliphatic heterocycles. The number of ether oxygens (including phenoxy) is 2. The Morgan fingerprint density at radius 1 is 1.10 bits per heavy atom. The number of rotatable bonds is 8. The molecule has 2 aromatic carbocycles. The van der Waals surface area contributed by atoms with Gasteiger partial charge in [0.15, 0.2) is 0 Å². The Kier molecular flexibility index (Phi) is 7.35. The van der Waals surface area contributed by atoms with Crippen molar-refractivity contribution in [2.45, 2.75) is 6.42 Å². The maximum atomic E-state index is 11.8. The lowest BCUT2D eigenvalue weighted by Gasteiger charge is -2.35. The van der Waals surface area contributed by atoms with E-state index in [1.807, 2.05) is 18.2 Å². The van der Waals surface area contributed by atoms with Gasteiger partial charge in [0.2, 0.25) is 0 Å². The van der Waals surface area contributed by atoms with E-state index < -0.39 is 6.09 Å². The molecule has 0 bridgehead atoms. The van der Waals surface area contributed by atoms with Crippen LogP contribution in [0.15, 0.2) is 48.5 Å². The second kappa shape index (κ2) is 10.6. The summed E-state index contributed by atoms with van der Waals surface area (Å²) in [4.78, 5) is 16.7. The summed E-state index contributed by atoms with van der Waals surface area (Å²) in [6, 6.07) is 16.4. The number of anilines is 2. The highest BCUT2D eigenvalue weighted by molar-refractivity contribution is 7.13. The van der Waals surface area contributed by atoms with E-state index in [0.29, 0.717) is 6.61 Å². The van der Waals surface area contributed by atoms with Crippen LogP contribution in [-0.2, 0) is 15.9 Å². The van der Waals surface area contributed by atoms with E-state index >= 15 is 0 Å². The van der Waals surface area contributed by atoms with Gasteiger partial charge in [-0.15, -0.1) is 0 Å². The summed E-state index contributed by atoms with van der Waals surface area (Å²) >= 11 is 1.58. The van der Waals surface area contributed by atoms with Crippen molar-refractivity contribution in [1.82, 2.24) is 9.27 Å². The van der Waals surface area contributed by atoms with Crippen LogP contribution in [0.4, 0.5) is 16.3 Å². The molecule has 3 aromatic rings. The standard InChI is InChI=1S/C23H28N4O3S/c1-29-15-16-30-23(28)24-19-6-4-5-18(17-19)9-10-26-11-13-27(14-12-26)22-20-7-2-3-8-21(20)31-25-22/h2-8,17H,9-16H2,1H3,(H,24,28). The third kappa shape index (κ3) is 5.72. The van der Waals surface area contributed by atoms with E-state index in [1.165, 1.54) is 15.6 Å². The van der Waals surface area contributed by atoms with Gasteiger partial charge in [0.25, 0.3) is 0 Å². The maximum absolute atomic E-state index is 11.8. The summed E-state index contributed by atoms with van der Waals surface area (Å²) in [5.74, 6) is 1.12. The molecule has 0 atom stereocenters. The van der Waals surface area contributed by atoms with Crippen molar-refractivity contribution in [3.63, 3.8) is 0 Å². The quantitative estimate of drug-likeness (QED) is 0.537. The lowest BCUT2D eigenvalue weighted by Crippen LogP contribution is -2.47. The van der Waals surface area contributed by atoms with Gasteiger partial charge >= 0.3 is 6.09 Å². The Hall–Kier alpha value is -2.68. The molecule has 164 valence electrons. The number of nitrogens with zero attached hydrogens (tertiary/aromatic N) is 3. The number of hydrogen-bond donors (Lipinski definition) is 1. The molecule has 0 radical (unpaired) electrons. The molecule has 7 nitrogen and oxygen atoms in total. The highest BCUT2D eigenvalue weighted by Gasteiger charge is 2.20. The largest absolute Gasteiger partial charge is 0.447 e. The van der Waals surface area contributed by atoms with Gasteiger partial charge in [-0.1, -0.05) is 24.3 Å². The molecular weight excluding hydrogens is 412 g/mol. The number of benzene rings is 2. The topological polar surface area (TPSA) is 66.9 Å². The summed E-state index contributed by atoms with van der Waals surface area (Å²) in [7, 11) is 1.57. The SMILES string of the molecule is COCCOC(=O)Nc1cccc(CCN2CCN(c3nsc4ccccc34)CC2)c1. The van der Waals surface area contributed by atoms with E-state index in [-0.39, 0.29) is 6.61 Å². The molecule has 31 heavy (non-hydrogen) atoms. The fourth-order valence-electron chi connectivity index (χ4n) is 3.75. The zero-order valence-corrected chi connectivity index (χ0v) is 18.6. The Bertz CT molecular complexity index is 1000. The molecule has 4 rings (SSSR count). The molecule has 1 aromatic heterocycles. The fourth-order valence-corrected chi connectivity index (χ4v) is 4.54. The molecule has 0 aliphatic carbocycles. The normalized spacial score (nSPS) is 14.7. The predicted octanol–water partition coefficient (Wildman–Crippen LogP) is 3.86. The van der Waals surface area contributed by atoms with Crippen LogP contribution in [0, 0.1) is 0 Å². The van der Waals surface area contributed by atoms with Gasteiger partial charge in [0, 0.05) is 50.9 Å². The molecule has 1 N–H and O–H groups in total. The first-order valence-electron chi connectivity index (χ1n) is 10.6. The maximum Gasteiger partial charge on any atom is 0.411 e. The molecular formula is C23H28N4O3S. The smallest absolute Gasteiger partial charge is 0.411 e. The summed E-state index contributed by atoms with van der Waals surface area (Å²) in [6.07, 6.45) is 0.480. The number of methoxy groups -OCH3 is 1. The van der Waals surface area contributed by atoms with Crippen LogP contribution in [0.1, 0.15) is 5.56 Å². The Morgan fingerprint density at radius 3 is 2.77 bits per heavy atom. The lowest BCUT2D eigenvalue weighted by molar-refractivity contribution is 0.107. The van der Waals surface area contributed by atoms with Crippen LogP contribution in [-0.4, -0.2) is 68.4 Å². The van der Waals surface area contributed by atoms with Crippen LogP contribution in [0.3, 0.4) is 0 Å². The lowest BCUT2D eigenvalue weighted by atomic mass is 10.1. The zero-order chi connectivity index (χ0) is 21.5. The van der Waals surface area contributed by atoms with E-state index in [9.17, 15) is 4.79 Å². The number of carbonyl (C=O) groups is 1. The third-order valence-electron chi connectivity index (χ3n) is 5.44. The average Bonchev–Trinajstić information content (AvgIpc) is 3.23. The summed E-state index contributed by atoms with van der Waals surface area (Å²) < 4.78 is 15.9. The number of fused-ring (bicyclic) bond motifs is 1. The van der Waals surface area contributed by atoms with Crippen molar-refractivity contribution in [1.29, 1.82) is 0 Å². The molecule has 0 saturated carbocycles. The van der Waals surface area contributed by atoms with Crippen molar-refractivity contribution in [2.24, 2.45) is 0 Å². The van der Waals surface area contributed by atoms with Crippen molar-refractivity contribution in [3.8, 4) is 0 Å². The molecule has 2 heterocycles. The van der Waals surface area contributed by atoms with Gasteiger partial charge in [0.05, 0.1) is 11.3 Å². The number of carbonyl (C=O) groups excluding carboxylic acids is 1. The number of aromatic nitrogens is 1. The van der Waals surface area contributed by atoms with Gasteiger partial charge in [-0.25, -0.2) is 4.79 Å². The van der Waals surface area contributed by atoms with Crippen LogP contribution >= 0.6 is 11.5 Å². The Labute approximate surface area is 186 Å². The van der Waals surface area contributed by atoms with Crippen LogP contribution in [0.2, 0.25) is 0 Å². The summed E-state index contributed by atoms with van der Waals surface area (Å²) in [6.45, 7) is 5.65. The number of nitrogens with one attached hydrogen (secondary N) is 1. The fraction of sp³-hybridized carbons (Fsp3) is 0.391. The van der Waals surface area contributed by atoms with Gasteiger partial charge in [-0.3, -0.25) is 10.2 Å². The van der Waals surface area contributed by atoms with Crippen LogP contribution < -0.4 is 10.2 Å². The second-order valence-corrected chi connectivity index (χ2v) is 8.34. The monoisotopic (exact) mass is 440 g/mol. The molecule has 1 fully saturated rings. The first-order chi connectivity index (χ1) is 15.2. The zero-order valence-electron chi connectivity index (χ0n) is 17.8. The molecule has 1 aliphatic rings. The molecule has 0 unspecified atom stereocenters. The van der Waals surface area contributed by atoms with Gasteiger partial charge in [0.1, 0.15) is 12.4 Å². The Balaban J connectivity index is 1.25. The van der Waals surface area contributed by atoms with E-state index in [0.717, 1.165) is 50.6 Å². The molecule has 0 spiro atoms. The average molecular weight is 441 g/mol. The van der Waals surface area contributed by atoms with Crippen LogP contribution in [0.5, 0.6) is 0 Å². The minimum atomic E-state index is -0.458. The van der Waals surface area contributed by atoms with Crippen molar-refractivity contribution in [3.05, 3.63) is 54.1 Å². The van der Waals surface area contributed by atoms with Crippen molar-refractivity contribution in [2.75, 3.05) is 63.3 Å². The van der Waals surface area contributed by atoms with E-state index in [1.54, 1.807) is 18.6 Å². The minimum Gasteiger partial charge on any atom is -0.447 e. The van der Waals surface area contributed by atoms with Crippen molar-refractivity contribution < 1.29 is 14.3 Å². The molecule has 8 heteroatoms. The van der Waals surface area contributed by atoms with Gasteiger partial charge in [-0.2, -0.15) is 4.37 Å². The first kappa shape index (κ1) is 21.5. The Morgan fingerprint density at radius 2 is 1.94 bits per heavy atom. The van der Waals surface area contributed by atoms with E-state index in [2.05, 4.69) is 45.4 Å². The molecule has 1 amide bonds. The minimum absolute atomic E-state index is 0.241. The van der Waals surface area contributed by atoms with E-state index in [4.69, 9.17) is 13.8 Å². The predicted molar refractivity (Wildman–Crippen MR) is 125 cm³/mol. The number of piperazine rings is 1. The van der Waals surface area contributed by atoms with Gasteiger partial charge in [-0.05, 0) is 47.8 Å². The highest BCUT2D eigenvalue weighted by atomic mass is 32.1. The summed E-state index contributed by atoms with van der Waals surface area (Å²) in [5.41, 5.74) is 1.95. The second-order valence-electron chi connectivity index (χ2n) is 7.54. The summed E-state index contributed by atoms with van der Waals surface area (Å²) in [5, 5.41) is 4.03. The van der Waals surface area contributed by atoms with Gasteiger partial charge < -0.3 is 14.4 Å².